The van der Waals surface area contributed by atoms with Gasteiger partial charge in [0.2, 0.25) is 0 Å². The summed E-state index contributed by atoms with van der Waals surface area (Å²) in [7, 11) is 0. The van der Waals surface area contributed by atoms with Gasteiger partial charge in [0.25, 0.3) is 0 Å². The molecule has 0 aromatic heterocycles. The Hall–Kier alpha value is -1.00. The number of nitrogens with zero attached hydrogens (tertiary/aromatic N) is 1. The molecule has 0 bridgehead atoms. The van der Waals surface area contributed by atoms with Crippen molar-refractivity contribution < 1.29 is 0 Å². The minimum absolute atomic E-state index is 0.516. The molecule has 1 aromatic carbocycles. The molecular weight excluding hydrogens is 194 g/mol. The number of benzene rings is 1. The standard InChI is InChI=1S/C12H13ClN/c1-3-11-10(8-14)5-4-6-12(11)9(2)7-13/h4-6H,3,7H2,1-2H3. The van der Waals surface area contributed by atoms with Gasteiger partial charge in [-0.25, -0.2) is 0 Å². The Kier molecular flexibility index (Phi) is 3.98. The summed E-state index contributed by atoms with van der Waals surface area (Å²) in [5.41, 5.74) is 2.99. The molecule has 73 valence electrons. The van der Waals surface area contributed by atoms with E-state index in [1.807, 2.05) is 25.1 Å². The van der Waals surface area contributed by atoms with Gasteiger partial charge in [0, 0.05) is 11.8 Å². The van der Waals surface area contributed by atoms with Crippen LogP contribution in [0.5, 0.6) is 0 Å². The Morgan fingerprint density at radius 1 is 1.50 bits per heavy atom. The summed E-state index contributed by atoms with van der Waals surface area (Å²) in [5, 5.41) is 8.94. The average Bonchev–Trinajstić information content (AvgIpc) is 2.26. The maximum atomic E-state index is 8.94. The van der Waals surface area contributed by atoms with E-state index >= 15 is 0 Å². The first kappa shape index (κ1) is 11.1. The molecule has 1 aromatic rings. The van der Waals surface area contributed by atoms with E-state index in [0.29, 0.717) is 5.88 Å². The highest BCUT2D eigenvalue weighted by Gasteiger charge is 2.11. The van der Waals surface area contributed by atoms with Gasteiger partial charge < -0.3 is 0 Å². The van der Waals surface area contributed by atoms with Crippen LogP contribution in [0.25, 0.3) is 0 Å². The van der Waals surface area contributed by atoms with Crippen LogP contribution in [-0.4, -0.2) is 5.88 Å². The minimum atomic E-state index is 0.516. The maximum Gasteiger partial charge on any atom is 0.0994 e. The summed E-state index contributed by atoms with van der Waals surface area (Å²) >= 11 is 5.79. The van der Waals surface area contributed by atoms with E-state index in [2.05, 4.69) is 13.0 Å². The Labute approximate surface area is 90.3 Å². The highest BCUT2D eigenvalue weighted by molar-refractivity contribution is 6.19. The van der Waals surface area contributed by atoms with Gasteiger partial charge in [-0.05, 0) is 23.6 Å². The molecule has 0 aliphatic carbocycles. The van der Waals surface area contributed by atoms with E-state index < -0.39 is 0 Å². The van der Waals surface area contributed by atoms with Gasteiger partial charge in [0.05, 0.1) is 11.6 Å². The van der Waals surface area contributed by atoms with Crippen molar-refractivity contribution in [1.82, 2.24) is 0 Å². The Morgan fingerprint density at radius 3 is 2.71 bits per heavy atom. The molecule has 0 heterocycles. The lowest BCUT2D eigenvalue weighted by atomic mass is 9.92. The van der Waals surface area contributed by atoms with Crippen molar-refractivity contribution >= 4 is 11.6 Å². The molecule has 0 atom stereocenters. The summed E-state index contributed by atoms with van der Waals surface area (Å²) in [6.07, 6.45) is 0.868. The smallest absolute Gasteiger partial charge is 0.0994 e. The highest BCUT2D eigenvalue weighted by atomic mass is 35.5. The molecular formula is C12H13ClN. The third-order valence-electron chi connectivity index (χ3n) is 2.31. The van der Waals surface area contributed by atoms with Crippen molar-refractivity contribution in [2.24, 2.45) is 0 Å². The molecule has 0 amide bonds. The van der Waals surface area contributed by atoms with Crippen molar-refractivity contribution in [3.63, 3.8) is 0 Å². The minimum Gasteiger partial charge on any atom is -0.192 e. The van der Waals surface area contributed by atoms with E-state index in [0.717, 1.165) is 29.0 Å². The molecule has 0 saturated carbocycles. The second kappa shape index (κ2) is 5.02. The van der Waals surface area contributed by atoms with Crippen LogP contribution in [-0.2, 0) is 6.42 Å². The number of halogens is 1. The van der Waals surface area contributed by atoms with Crippen LogP contribution in [0.1, 0.15) is 30.5 Å². The fourth-order valence-electron chi connectivity index (χ4n) is 1.54. The van der Waals surface area contributed by atoms with Crippen molar-refractivity contribution in [3.8, 4) is 6.07 Å². The lowest BCUT2D eigenvalue weighted by Crippen LogP contribution is -2.02. The van der Waals surface area contributed by atoms with Gasteiger partial charge in [0.1, 0.15) is 0 Å². The van der Waals surface area contributed by atoms with Crippen LogP contribution in [0, 0.1) is 17.2 Å². The largest absolute Gasteiger partial charge is 0.192 e. The van der Waals surface area contributed by atoms with Gasteiger partial charge in [-0.15, -0.1) is 11.6 Å². The van der Waals surface area contributed by atoms with Crippen LogP contribution in [0.15, 0.2) is 18.2 Å². The van der Waals surface area contributed by atoms with E-state index in [1.165, 1.54) is 0 Å². The molecule has 14 heavy (non-hydrogen) atoms. The van der Waals surface area contributed by atoms with Gasteiger partial charge in [-0.1, -0.05) is 26.0 Å². The highest BCUT2D eigenvalue weighted by Crippen LogP contribution is 2.23. The van der Waals surface area contributed by atoms with E-state index in [9.17, 15) is 0 Å². The third-order valence-corrected chi connectivity index (χ3v) is 2.71. The molecule has 0 unspecified atom stereocenters. The molecule has 0 saturated heterocycles. The number of nitriles is 1. The first-order valence-electron chi connectivity index (χ1n) is 4.65. The topological polar surface area (TPSA) is 23.8 Å². The zero-order valence-electron chi connectivity index (χ0n) is 8.47. The van der Waals surface area contributed by atoms with Gasteiger partial charge in [-0.3, -0.25) is 0 Å². The van der Waals surface area contributed by atoms with E-state index in [4.69, 9.17) is 16.9 Å². The molecule has 1 radical (unpaired) electrons. The molecule has 1 nitrogen and oxygen atoms in total. The first-order chi connectivity index (χ1) is 6.74. The molecule has 0 aliphatic heterocycles. The summed E-state index contributed by atoms with van der Waals surface area (Å²) < 4.78 is 0. The van der Waals surface area contributed by atoms with Gasteiger partial charge >= 0.3 is 0 Å². The fourth-order valence-corrected chi connectivity index (χ4v) is 1.69. The summed E-state index contributed by atoms with van der Waals surface area (Å²) in [4.78, 5) is 0. The molecule has 0 N–H and O–H groups in total. The normalized spacial score (nSPS) is 10.2. The second-order valence-corrected chi connectivity index (χ2v) is 3.48. The number of hydrogen-bond donors (Lipinski definition) is 0. The number of rotatable bonds is 3. The lowest BCUT2D eigenvalue weighted by Gasteiger charge is -2.13. The van der Waals surface area contributed by atoms with E-state index in [-0.39, 0.29) is 0 Å². The third kappa shape index (κ3) is 2.08. The zero-order chi connectivity index (χ0) is 10.6. The van der Waals surface area contributed by atoms with E-state index in [1.54, 1.807) is 0 Å². The van der Waals surface area contributed by atoms with Crippen molar-refractivity contribution in [2.45, 2.75) is 20.3 Å². The first-order valence-corrected chi connectivity index (χ1v) is 5.18. The molecule has 2 heteroatoms. The summed E-state index contributed by atoms with van der Waals surface area (Å²) in [5.74, 6) is 1.64. The Bertz CT molecular complexity index is 352. The van der Waals surface area contributed by atoms with Crippen molar-refractivity contribution in [2.75, 3.05) is 5.88 Å². The fraction of sp³-hybridized carbons (Fsp3) is 0.333. The van der Waals surface area contributed by atoms with Crippen LogP contribution in [0.4, 0.5) is 0 Å². The molecule has 0 spiro atoms. The van der Waals surface area contributed by atoms with Gasteiger partial charge in [0.15, 0.2) is 0 Å². The second-order valence-electron chi connectivity index (χ2n) is 3.21. The molecule has 0 fully saturated rings. The number of alkyl halides is 1. The Morgan fingerprint density at radius 2 is 2.21 bits per heavy atom. The van der Waals surface area contributed by atoms with Gasteiger partial charge in [-0.2, -0.15) is 5.26 Å². The Balaban J connectivity index is 3.23. The lowest BCUT2D eigenvalue weighted by molar-refractivity contribution is 1.05. The van der Waals surface area contributed by atoms with Crippen LogP contribution >= 0.6 is 11.6 Å². The van der Waals surface area contributed by atoms with Crippen LogP contribution in [0.2, 0.25) is 0 Å². The average molecular weight is 207 g/mol. The van der Waals surface area contributed by atoms with Crippen molar-refractivity contribution in [1.29, 1.82) is 5.26 Å². The molecule has 1 rings (SSSR count). The monoisotopic (exact) mass is 206 g/mol. The maximum absolute atomic E-state index is 8.94. The predicted molar refractivity (Wildman–Crippen MR) is 59.3 cm³/mol. The quantitative estimate of drug-likeness (QED) is 0.697. The van der Waals surface area contributed by atoms with Crippen molar-refractivity contribution in [3.05, 3.63) is 40.8 Å². The molecule has 0 aliphatic rings. The van der Waals surface area contributed by atoms with Crippen LogP contribution < -0.4 is 0 Å². The SMILES string of the molecule is CCc1c(C#N)cccc1[C](C)CCl. The zero-order valence-corrected chi connectivity index (χ0v) is 9.23. The number of hydrogen-bond acceptors (Lipinski definition) is 1. The predicted octanol–water partition coefficient (Wildman–Crippen LogP) is 3.30. The summed E-state index contributed by atoms with van der Waals surface area (Å²) in [6, 6.07) is 7.99. The summed E-state index contributed by atoms with van der Waals surface area (Å²) in [6.45, 7) is 4.06. The van der Waals surface area contributed by atoms with Crippen LogP contribution in [0.3, 0.4) is 0 Å².